The van der Waals surface area contributed by atoms with E-state index < -0.39 is 10.5 Å². The highest BCUT2D eigenvalue weighted by atomic mass is 16.6. The molecule has 0 amide bonds. The SMILES string of the molecule is Cc1cccc(C(C)(C)N=C=O)c1[N+](=O)[O-]. The smallest absolute Gasteiger partial charge is 0.258 e. The van der Waals surface area contributed by atoms with Gasteiger partial charge in [0.25, 0.3) is 5.69 Å². The third kappa shape index (κ3) is 2.15. The zero-order valence-corrected chi connectivity index (χ0v) is 9.35. The van der Waals surface area contributed by atoms with Gasteiger partial charge < -0.3 is 0 Å². The van der Waals surface area contributed by atoms with E-state index in [2.05, 4.69) is 4.99 Å². The number of hydrogen-bond donors (Lipinski definition) is 0. The molecular formula is C11H12N2O3. The molecule has 16 heavy (non-hydrogen) atoms. The largest absolute Gasteiger partial charge is 0.277 e. The molecule has 0 aliphatic carbocycles. The number of nitro benzene ring substituents is 1. The van der Waals surface area contributed by atoms with Crippen LogP contribution in [-0.4, -0.2) is 11.0 Å². The van der Waals surface area contributed by atoms with Crippen LogP contribution in [0.25, 0.3) is 0 Å². The second-order valence-electron chi connectivity index (χ2n) is 3.99. The highest BCUT2D eigenvalue weighted by Gasteiger charge is 2.29. The van der Waals surface area contributed by atoms with Crippen molar-refractivity contribution < 1.29 is 9.72 Å². The average molecular weight is 220 g/mol. The van der Waals surface area contributed by atoms with Crippen molar-refractivity contribution in [2.75, 3.05) is 0 Å². The van der Waals surface area contributed by atoms with Crippen LogP contribution in [0.4, 0.5) is 5.69 Å². The Labute approximate surface area is 93.0 Å². The van der Waals surface area contributed by atoms with Crippen LogP contribution in [0.3, 0.4) is 0 Å². The molecule has 5 nitrogen and oxygen atoms in total. The van der Waals surface area contributed by atoms with Crippen LogP contribution in [0.15, 0.2) is 23.2 Å². The van der Waals surface area contributed by atoms with E-state index >= 15 is 0 Å². The van der Waals surface area contributed by atoms with Gasteiger partial charge in [0.05, 0.1) is 16.0 Å². The zero-order valence-electron chi connectivity index (χ0n) is 9.35. The summed E-state index contributed by atoms with van der Waals surface area (Å²) >= 11 is 0. The first kappa shape index (κ1) is 12.1. The summed E-state index contributed by atoms with van der Waals surface area (Å²) in [4.78, 5) is 24.4. The maximum absolute atomic E-state index is 11.0. The molecule has 0 unspecified atom stereocenters. The van der Waals surface area contributed by atoms with Gasteiger partial charge in [0.1, 0.15) is 0 Å². The van der Waals surface area contributed by atoms with Crippen molar-refractivity contribution in [2.45, 2.75) is 26.3 Å². The van der Waals surface area contributed by atoms with Gasteiger partial charge in [-0.05, 0) is 26.8 Å². The number of isocyanates is 1. The molecule has 5 heteroatoms. The van der Waals surface area contributed by atoms with Crippen molar-refractivity contribution in [2.24, 2.45) is 4.99 Å². The molecule has 1 aromatic carbocycles. The highest BCUT2D eigenvalue weighted by molar-refractivity contribution is 5.51. The predicted molar refractivity (Wildman–Crippen MR) is 59.0 cm³/mol. The molecular weight excluding hydrogens is 208 g/mol. The molecule has 0 saturated heterocycles. The Kier molecular flexibility index (Phi) is 3.20. The molecule has 0 radical (unpaired) electrons. The van der Waals surface area contributed by atoms with Crippen molar-refractivity contribution in [3.8, 4) is 0 Å². The lowest BCUT2D eigenvalue weighted by Crippen LogP contribution is -2.16. The summed E-state index contributed by atoms with van der Waals surface area (Å²) in [6, 6.07) is 4.97. The van der Waals surface area contributed by atoms with Crippen LogP contribution in [0.5, 0.6) is 0 Å². The predicted octanol–water partition coefficient (Wildman–Crippen LogP) is 2.47. The Hall–Kier alpha value is -2.00. The lowest BCUT2D eigenvalue weighted by molar-refractivity contribution is -0.386. The van der Waals surface area contributed by atoms with Gasteiger partial charge in [-0.15, -0.1) is 0 Å². The van der Waals surface area contributed by atoms with Crippen LogP contribution in [0.1, 0.15) is 25.0 Å². The monoisotopic (exact) mass is 220 g/mol. The maximum Gasteiger partial charge on any atom is 0.277 e. The molecule has 1 aromatic rings. The fraction of sp³-hybridized carbons (Fsp3) is 0.364. The van der Waals surface area contributed by atoms with Crippen molar-refractivity contribution in [1.29, 1.82) is 0 Å². The standard InChI is InChI=1S/C11H12N2O3/c1-8-5-4-6-9(10(8)13(15)16)11(2,3)12-7-14/h4-6H,1-3H3. The number of rotatable bonds is 3. The second kappa shape index (κ2) is 4.24. The normalized spacial score (nSPS) is 10.7. The lowest BCUT2D eigenvalue weighted by Gasteiger charge is -2.18. The van der Waals surface area contributed by atoms with Gasteiger partial charge in [-0.3, -0.25) is 10.1 Å². The molecule has 0 spiro atoms. The first-order chi connectivity index (χ1) is 7.40. The molecule has 0 aliphatic heterocycles. The number of para-hydroxylation sites is 1. The summed E-state index contributed by atoms with van der Waals surface area (Å²) in [6.45, 7) is 4.93. The van der Waals surface area contributed by atoms with Gasteiger partial charge in [-0.1, -0.05) is 12.1 Å². The Morgan fingerprint density at radius 3 is 2.56 bits per heavy atom. The third-order valence-corrected chi connectivity index (χ3v) is 2.40. The number of benzene rings is 1. The van der Waals surface area contributed by atoms with Gasteiger partial charge in [0.15, 0.2) is 0 Å². The fourth-order valence-corrected chi connectivity index (χ4v) is 1.57. The van der Waals surface area contributed by atoms with E-state index in [1.54, 1.807) is 39.0 Å². The van der Waals surface area contributed by atoms with E-state index in [1.807, 2.05) is 0 Å². The second-order valence-corrected chi connectivity index (χ2v) is 3.99. The Balaban J connectivity index is 3.50. The summed E-state index contributed by atoms with van der Waals surface area (Å²) < 4.78 is 0. The van der Waals surface area contributed by atoms with Crippen LogP contribution < -0.4 is 0 Å². The zero-order chi connectivity index (χ0) is 12.3. The molecule has 0 aromatic heterocycles. The van der Waals surface area contributed by atoms with E-state index in [1.165, 1.54) is 6.08 Å². The van der Waals surface area contributed by atoms with Crippen molar-refractivity contribution in [1.82, 2.24) is 0 Å². The van der Waals surface area contributed by atoms with E-state index in [9.17, 15) is 14.9 Å². The van der Waals surface area contributed by atoms with E-state index in [-0.39, 0.29) is 5.69 Å². The summed E-state index contributed by atoms with van der Waals surface area (Å²) in [5, 5.41) is 11.0. The molecule has 0 atom stereocenters. The molecule has 0 fully saturated rings. The molecule has 0 bridgehead atoms. The lowest BCUT2D eigenvalue weighted by atomic mass is 9.92. The molecule has 0 N–H and O–H groups in total. The van der Waals surface area contributed by atoms with Gasteiger partial charge in [0, 0.05) is 5.56 Å². The van der Waals surface area contributed by atoms with Gasteiger partial charge in [-0.25, -0.2) is 4.79 Å². The van der Waals surface area contributed by atoms with E-state index in [0.29, 0.717) is 11.1 Å². The van der Waals surface area contributed by atoms with Crippen LogP contribution >= 0.6 is 0 Å². The van der Waals surface area contributed by atoms with Crippen LogP contribution in [-0.2, 0) is 10.3 Å². The number of nitro groups is 1. The molecule has 1 rings (SSSR count). The first-order valence-corrected chi connectivity index (χ1v) is 4.73. The summed E-state index contributed by atoms with van der Waals surface area (Å²) in [5.41, 5.74) is 0.0416. The Morgan fingerprint density at radius 2 is 2.06 bits per heavy atom. The van der Waals surface area contributed by atoms with Crippen molar-refractivity contribution >= 4 is 11.8 Å². The van der Waals surface area contributed by atoms with Gasteiger partial charge in [0.2, 0.25) is 6.08 Å². The van der Waals surface area contributed by atoms with Gasteiger partial charge >= 0.3 is 0 Å². The average Bonchev–Trinajstić information content (AvgIpc) is 2.16. The Bertz CT molecular complexity index is 474. The topological polar surface area (TPSA) is 72.6 Å². The fourth-order valence-electron chi connectivity index (χ4n) is 1.57. The van der Waals surface area contributed by atoms with E-state index in [4.69, 9.17) is 0 Å². The third-order valence-electron chi connectivity index (χ3n) is 2.40. The molecule has 0 aliphatic rings. The van der Waals surface area contributed by atoms with Crippen LogP contribution in [0, 0.1) is 17.0 Å². The quantitative estimate of drug-likeness (QED) is 0.340. The van der Waals surface area contributed by atoms with Crippen molar-refractivity contribution in [3.05, 3.63) is 39.4 Å². The molecule has 0 saturated carbocycles. The number of aryl methyl sites for hydroxylation is 1. The summed E-state index contributed by atoms with van der Waals surface area (Å²) in [7, 11) is 0. The number of carbonyl (C=O) groups excluding carboxylic acids is 1. The molecule has 84 valence electrons. The minimum Gasteiger partial charge on any atom is -0.258 e. The van der Waals surface area contributed by atoms with Crippen molar-refractivity contribution in [3.63, 3.8) is 0 Å². The van der Waals surface area contributed by atoms with Gasteiger partial charge in [-0.2, -0.15) is 4.99 Å². The summed E-state index contributed by atoms with van der Waals surface area (Å²) in [5.74, 6) is 0. The van der Waals surface area contributed by atoms with E-state index in [0.717, 1.165) is 0 Å². The highest BCUT2D eigenvalue weighted by Crippen LogP contribution is 2.34. The van der Waals surface area contributed by atoms with Crippen LogP contribution in [0.2, 0.25) is 0 Å². The molecule has 0 heterocycles. The summed E-state index contributed by atoms with van der Waals surface area (Å²) in [6.07, 6.45) is 1.44. The number of nitrogens with zero attached hydrogens (tertiary/aromatic N) is 2. The minimum absolute atomic E-state index is 0.00602. The number of aliphatic imine (C=N–C) groups is 1. The maximum atomic E-state index is 11.0. The number of hydrogen-bond acceptors (Lipinski definition) is 4. The Morgan fingerprint density at radius 1 is 1.44 bits per heavy atom. The minimum atomic E-state index is -0.934. The first-order valence-electron chi connectivity index (χ1n) is 4.73.